The van der Waals surface area contributed by atoms with E-state index < -0.39 is 0 Å². The topological polar surface area (TPSA) is 25.8 Å². The van der Waals surface area contributed by atoms with Gasteiger partial charge in [0.05, 0.1) is 11.2 Å². The summed E-state index contributed by atoms with van der Waals surface area (Å²) in [5.41, 5.74) is 9.20. The summed E-state index contributed by atoms with van der Waals surface area (Å²) in [6.45, 7) is 4.67. The predicted octanol–water partition coefficient (Wildman–Crippen LogP) is 9.42. The molecule has 0 bridgehead atoms. The lowest BCUT2D eigenvalue weighted by Gasteiger charge is -2.35. The largest absolute Gasteiger partial charge is 0.228 e. The summed E-state index contributed by atoms with van der Waals surface area (Å²) in [5, 5.41) is 1.06. The van der Waals surface area contributed by atoms with Crippen molar-refractivity contribution in [2.24, 2.45) is 0 Å². The number of hydrogen-bond acceptors (Lipinski definition) is 3. The highest BCUT2D eigenvalue weighted by atomic mass is 32.2. The Hall–Kier alpha value is -4.21. The highest BCUT2D eigenvalue weighted by Crippen LogP contribution is 2.52. The van der Waals surface area contributed by atoms with Crippen molar-refractivity contribution in [1.82, 2.24) is 9.97 Å². The Kier molecular flexibility index (Phi) is 5.41. The van der Waals surface area contributed by atoms with Crippen LogP contribution in [0.25, 0.3) is 44.7 Å². The Labute approximate surface area is 227 Å². The molecule has 0 amide bonds. The van der Waals surface area contributed by atoms with Crippen LogP contribution in [0.4, 0.5) is 0 Å². The highest BCUT2D eigenvalue weighted by Gasteiger charge is 2.34. The zero-order valence-electron chi connectivity index (χ0n) is 21.3. The summed E-state index contributed by atoms with van der Waals surface area (Å²) < 4.78 is 0. The Balaban J connectivity index is 1.40. The van der Waals surface area contributed by atoms with Crippen LogP contribution < -0.4 is 0 Å². The molecule has 0 saturated carbocycles. The number of fused-ring (bicyclic) bond motifs is 3. The molecule has 3 heteroatoms. The lowest BCUT2D eigenvalue weighted by molar-refractivity contribution is 0.608. The first kappa shape index (κ1) is 22.9. The van der Waals surface area contributed by atoms with Crippen molar-refractivity contribution in [2.75, 3.05) is 0 Å². The summed E-state index contributed by atoms with van der Waals surface area (Å²) >= 11 is 1.88. The second-order valence-electron chi connectivity index (χ2n) is 10.3. The van der Waals surface area contributed by atoms with Gasteiger partial charge in [-0.15, -0.1) is 0 Å². The Bertz CT molecular complexity index is 1820. The predicted molar refractivity (Wildman–Crippen MR) is 159 cm³/mol. The SMILES string of the molecule is CC1(C)c2ccccc2Sc2c(-c3cccc(-c4nc(-c5ccccc5)nc5ccccc45)c3)cccc21. The number of hydrogen-bond donors (Lipinski definition) is 0. The molecule has 0 radical (unpaired) electrons. The molecule has 1 aromatic heterocycles. The Morgan fingerprint density at radius 2 is 1.26 bits per heavy atom. The van der Waals surface area contributed by atoms with E-state index in [9.17, 15) is 0 Å². The van der Waals surface area contributed by atoms with E-state index in [2.05, 4.69) is 111 Å². The molecule has 0 fully saturated rings. The van der Waals surface area contributed by atoms with Crippen molar-refractivity contribution in [3.8, 4) is 33.8 Å². The Morgan fingerprint density at radius 3 is 2.16 bits per heavy atom. The molecule has 7 rings (SSSR count). The first-order valence-corrected chi connectivity index (χ1v) is 13.7. The van der Waals surface area contributed by atoms with Crippen molar-refractivity contribution in [3.63, 3.8) is 0 Å². The van der Waals surface area contributed by atoms with Crippen LogP contribution in [-0.2, 0) is 5.41 Å². The third kappa shape index (κ3) is 3.74. The standard InChI is InChI=1S/C35H26N2S/c1-35(2)28-18-7-9-21-31(28)38-33-26(17-11-19-29(33)35)24-14-10-15-25(22-24)32-27-16-6-8-20-30(27)36-34(37-32)23-12-4-3-5-13-23/h3-22H,1-2H3. The number of rotatable bonds is 3. The van der Waals surface area contributed by atoms with E-state index >= 15 is 0 Å². The summed E-state index contributed by atoms with van der Waals surface area (Å²) in [6.07, 6.45) is 0. The molecular formula is C35H26N2S. The van der Waals surface area contributed by atoms with Crippen LogP contribution in [0.5, 0.6) is 0 Å². The van der Waals surface area contributed by atoms with E-state index in [0.717, 1.165) is 33.5 Å². The van der Waals surface area contributed by atoms with Gasteiger partial charge in [-0.25, -0.2) is 9.97 Å². The smallest absolute Gasteiger partial charge is 0.160 e. The van der Waals surface area contributed by atoms with Gasteiger partial charge in [0.25, 0.3) is 0 Å². The molecule has 0 aliphatic carbocycles. The van der Waals surface area contributed by atoms with Gasteiger partial charge in [0, 0.05) is 31.7 Å². The fourth-order valence-corrected chi connectivity index (χ4v) is 7.07. The molecule has 0 atom stereocenters. The summed E-state index contributed by atoms with van der Waals surface area (Å²) in [6, 6.07) is 42.9. The summed E-state index contributed by atoms with van der Waals surface area (Å²) in [5.74, 6) is 0.746. The van der Waals surface area contributed by atoms with E-state index in [1.807, 2.05) is 36.0 Å². The fourth-order valence-electron chi connectivity index (χ4n) is 5.54. The molecule has 2 heterocycles. The Morgan fingerprint density at radius 1 is 0.579 bits per heavy atom. The van der Waals surface area contributed by atoms with Gasteiger partial charge < -0.3 is 0 Å². The molecule has 38 heavy (non-hydrogen) atoms. The maximum absolute atomic E-state index is 5.10. The first-order valence-electron chi connectivity index (χ1n) is 12.9. The van der Waals surface area contributed by atoms with E-state index in [1.165, 1.54) is 32.0 Å². The lowest BCUT2D eigenvalue weighted by atomic mass is 9.77. The van der Waals surface area contributed by atoms with Gasteiger partial charge in [0.1, 0.15) is 0 Å². The zero-order valence-corrected chi connectivity index (χ0v) is 22.2. The number of benzene rings is 5. The maximum atomic E-state index is 5.10. The molecule has 0 N–H and O–H groups in total. The van der Waals surface area contributed by atoms with Gasteiger partial charge in [-0.2, -0.15) is 0 Å². The van der Waals surface area contributed by atoms with Crippen LogP contribution in [0.2, 0.25) is 0 Å². The average Bonchev–Trinajstić information content (AvgIpc) is 2.97. The van der Waals surface area contributed by atoms with Gasteiger partial charge in [0.15, 0.2) is 5.82 Å². The number of para-hydroxylation sites is 1. The minimum atomic E-state index is -0.0573. The molecule has 6 aromatic rings. The minimum absolute atomic E-state index is 0.0573. The van der Waals surface area contributed by atoms with Crippen molar-refractivity contribution in [1.29, 1.82) is 0 Å². The van der Waals surface area contributed by atoms with Crippen molar-refractivity contribution in [3.05, 3.63) is 132 Å². The molecule has 5 aromatic carbocycles. The number of aromatic nitrogens is 2. The minimum Gasteiger partial charge on any atom is -0.228 e. The maximum Gasteiger partial charge on any atom is 0.160 e. The molecule has 1 aliphatic heterocycles. The lowest BCUT2D eigenvalue weighted by Crippen LogP contribution is -2.23. The van der Waals surface area contributed by atoms with Gasteiger partial charge in [-0.1, -0.05) is 129 Å². The van der Waals surface area contributed by atoms with Crippen LogP contribution in [0.1, 0.15) is 25.0 Å². The van der Waals surface area contributed by atoms with Crippen LogP contribution in [0.3, 0.4) is 0 Å². The van der Waals surface area contributed by atoms with Gasteiger partial charge in [-0.05, 0) is 40.5 Å². The monoisotopic (exact) mass is 506 g/mol. The van der Waals surface area contributed by atoms with Crippen molar-refractivity contribution < 1.29 is 0 Å². The average molecular weight is 507 g/mol. The molecule has 0 saturated heterocycles. The molecule has 1 aliphatic rings. The third-order valence-corrected chi connectivity index (χ3v) is 8.76. The molecular weight excluding hydrogens is 480 g/mol. The van der Waals surface area contributed by atoms with Gasteiger partial charge >= 0.3 is 0 Å². The first-order chi connectivity index (χ1) is 18.6. The van der Waals surface area contributed by atoms with E-state index in [0.29, 0.717) is 0 Å². The van der Waals surface area contributed by atoms with Crippen LogP contribution >= 0.6 is 11.8 Å². The van der Waals surface area contributed by atoms with Crippen molar-refractivity contribution in [2.45, 2.75) is 29.1 Å². The van der Waals surface area contributed by atoms with E-state index in [4.69, 9.17) is 9.97 Å². The van der Waals surface area contributed by atoms with Crippen LogP contribution in [0, 0.1) is 0 Å². The van der Waals surface area contributed by atoms with Crippen molar-refractivity contribution >= 4 is 22.7 Å². The second kappa shape index (κ2) is 8.97. The fraction of sp³-hybridized carbons (Fsp3) is 0.0857. The van der Waals surface area contributed by atoms with Gasteiger partial charge in [0.2, 0.25) is 0 Å². The second-order valence-corrected chi connectivity index (χ2v) is 11.3. The van der Waals surface area contributed by atoms with Crippen LogP contribution in [-0.4, -0.2) is 9.97 Å². The van der Waals surface area contributed by atoms with E-state index in [1.54, 1.807) is 0 Å². The molecule has 182 valence electrons. The number of nitrogens with zero attached hydrogens (tertiary/aromatic N) is 2. The quantitative estimate of drug-likeness (QED) is 0.239. The van der Waals surface area contributed by atoms with Gasteiger partial charge in [-0.3, -0.25) is 0 Å². The highest BCUT2D eigenvalue weighted by molar-refractivity contribution is 7.99. The molecule has 0 spiro atoms. The zero-order chi connectivity index (χ0) is 25.7. The van der Waals surface area contributed by atoms with Crippen LogP contribution in [0.15, 0.2) is 131 Å². The molecule has 0 unspecified atom stereocenters. The summed E-state index contributed by atoms with van der Waals surface area (Å²) in [4.78, 5) is 12.7. The molecule has 2 nitrogen and oxygen atoms in total. The summed E-state index contributed by atoms with van der Waals surface area (Å²) in [7, 11) is 0. The normalized spacial score (nSPS) is 13.6. The van der Waals surface area contributed by atoms with E-state index in [-0.39, 0.29) is 5.41 Å². The third-order valence-electron chi connectivity index (χ3n) is 7.54.